The molecule has 0 saturated carbocycles. The number of hydrogen-bond acceptors (Lipinski definition) is 10. The van der Waals surface area contributed by atoms with Crippen molar-refractivity contribution >= 4 is 11.9 Å². The third-order valence-electron chi connectivity index (χ3n) is 12.3. The highest BCUT2D eigenvalue weighted by molar-refractivity contribution is 5.69. The number of nitrogens with zero attached hydrogens (tertiary/aromatic N) is 1. The van der Waals surface area contributed by atoms with Crippen molar-refractivity contribution in [3.05, 3.63) is 0 Å². The summed E-state index contributed by atoms with van der Waals surface area (Å²) in [6.07, 6.45) is 40.0. The van der Waals surface area contributed by atoms with Gasteiger partial charge in [-0.25, -0.2) is 0 Å². The molecule has 10 nitrogen and oxygen atoms in total. The summed E-state index contributed by atoms with van der Waals surface area (Å²) in [7, 11) is 0. The summed E-state index contributed by atoms with van der Waals surface area (Å²) in [5.74, 6) is -0.297. The van der Waals surface area contributed by atoms with Crippen LogP contribution in [0.25, 0.3) is 0 Å². The fraction of sp³-hybridized carbons (Fsp3) is 0.964. The molecule has 0 aliphatic rings. The fourth-order valence-electron chi connectivity index (χ4n) is 8.04. The second kappa shape index (κ2) is 53.7. The molecule has 0 bridgehead atoms. The lowest BCUT2D eigenvalue weighted by Crippen LogP contribution is -2.28. The smallest absolute Gasteiger partial charge is 0.305 e. The summed E-state index contributed by atoms with van der Waals surface area (Å²) in [5.41, 5.74) is 5.87. The summed E-state index contributed by atoms with van der Waals surface area (Å²) in [5, 5.41) is 0. The van der Waals surface area contributed by atoms with Gasteiger partial charge in [0.05, 0.1) is 26.1 Å². The van der Waals surface area contributed by atoms with Gasteiger partial charge in [-0.15, -0.1) is 0 Å². The van der Waals surface area contributed by atoms with Crippen molar-refractivity contribution in [1.29, 1.82) is 0 Å². The van der Waals surface area contributed by atoms with E-state index in [2.05, 4.69) is 32.6 Å². The Hall–Kier alpha value is -1.30. The van der Waals surface area contributed by atoms with Gasteiger partial charge >= 0.3 is 11.9 Å². The number of esters is 2. The highest BCUT2D eigenvalue weighted by Crippen LogP contribution is 2.15. The molecule has 2 N–H and O–H groups in total. The van der Waals surface area contributed by atoms with E-state index in [1.165, 1.54) is 128 Å². The topological polar surface area (TPSA) is 119 Å². The van der Waals surface area contributed by atoms with E-state index in [1.54, 1.807) is 0 Å². The van der Waals surface area contributed by atoms with Gasteiger partial charge < -0.3 is 39.1 Å². The van der Waals surface area contributed by atoms with Crippen molar-refractivity contribution in [2.24, 2.45) is 5.73 Å². The van der Waals surface area contributed by atoms with Gasteiger partial charge in [0.1, 0.15) is 0 Å². The lowest BCUT2D eigenvalue weighted by Gasteiger charge is -2.22. The maximum absolute atomic E-state index is 12.6. The molecule has 0 aromatic rings. The Morgan fingerprint density at radius 3 is 0.923 bits per heavy atom. The van der Waals surface area contributed by atoms with E-state index in [0.717, 1.165) is 103 Å². The van der Waals surface area contributed by atoms with E-state index in [-0.39, 0.29) is 24.5 Å². The third-order valence-corrected chi connectivity index (χ3v) is 12.3. The van der Waals surface area contributed by atoms with Crippen LogP contribution < -0.4 is 5.73 Å². The zero-order valence-corrected chi connectivity index (χ0v) is 43.7. The molecule has 0 atom stereocenters. The zero-order chi connectivity index (χ0) is 47.4. The number of unbranched alkanes of at least 4 members (excludes halogenated alkanes) is 26. The first kappa shape index (κ1) is 63.7. The molecule has 0 aliphatic heterocycles. The van der Waals surface area contributed by atoms with Gasteiger partial charge in [-0.3, -0.25) is 9.59 Å². The Morgan fingerprint density at radius 2 is 0.615 bits per heavy atom. The first-order valence-corrected chi connectivity index (χ1v) is 28.2. The van der Waals surface area contributed by atoms with Gasteiger partial charge in [-0.2, -0.15) is 0 Å². The minimum atomic E-state index is -0.324. The number of carbonyl (C=O) groups is 2. The summed E-state index contributed by atoms with van der Waals surface area (Å²) in [4.78, 5) is 27.7. The van der Waals surface area contributed by atoms with Crippen LogP contribution in [0.1, 0.15) is 265 Å². The molecule has 0 aromatic carbocycles. The Kier molecular flexibility index (Phi) is 52.6. The molecule has 0 saturated heterocycles. The summed E-state index contributed by atoms with van der Waals surface area (Å²) >= 11 is 0. The zero-order valence-electron chi connectivity index (χ0n) is 43.7. The fourth-order valence-corrected chi connectivity index (χ4v) is 8.04. The SMILES string of the molecule is CCCCCCCCOC(CCC(=O)OCCCCCCN(CCCN)CCCCCCOC(=O)CCC(OCCCCCCCC)OCCCCCCCC)OCCCCCCCC. The summed E-state index contributed by atoms with van der Waals surface area (Å²) in [6.45, 7) is 16.6. The van der Waals surface area contributed by atoms with Crippen molar-refractivity contribution in [2.45, 2.75) is 278 Å². The summed E-state index contributed by atoms with van der Waals surface area (Å²) in [6, 6.07) is 0. The van der Waals surface area contributed by atoms with Crippen molar-refractivity contribution < 1.29 is 38.0 Å². The van der Waals surface area contributed by atoms with Gasteiger partial charge in [0.25, 0.3) is 0 Å². The van der Waals surface area contributed by atoms with E-state index in [0.29, 0.717) is 71.9 Å². The number of nitrogens with two attached hydrogens (primary N) is 1. The third kappa shape index (κ3) is 48.9. The van der Waals surface area contributed by atoms with E-state index >= 15 is 0 Å². The van der Waals surface area contributed by atoms with Crippen molar-refractivity contribution in [3.8, 4) is 0 Å². The average molecular weight is 927 g/mol. The lowest BCUT2D eigenvalue weighted by molar-refractivity contribution is -0.159. The van der Waals surface area contributed by atoms with Crippen molar-refractivity contribution in [1.82, 2.24) is 4.90 Å². The first-order chi connectivity index (χ1) is 32.0. The molecule has 0 amide bonds. The quantitative estimate of drug-likeness (QED) is 0.0359. The molecule has 388 valence electrons. The molecule has 0 spiro atoms. The van der Waals surface area contributed by atoms with Crippen LogP contribution in [-0.4, -0.2) is 95.2 Å². The van der Waals surface area contributed by atoms with Crippen LogP contribution in [-0.2, 0) is 38.0 Å². The van der Waals surface area contributed by atoms with Gasteiger partial charge in [0.2, 0.25) is 0 Å². The molecule has 0 aromatic heterocycles. The van der Waals surface area contributed by atoms with Crippen LogP contribution in [0.5, 0.6) is 0 Å². The van der Waals surface area contributed by atoms with Crippen LogP contribution in [0.4, 0.5) is 0 Å². The molecule has 65 heavy (non-hydrogen) atoms. The van der Waals surface area contributed by atoms with Gasteiger partial charge in [0, 0.05) is 39.3 Å². The maximum atomic E-state index is 12.6. The van der Waals surface area contributed by atoms with Crippen LogP contribution in [0.15, 0.2) is 0 Å². The van der Waals surface area contributed by atoms with Crippen LogP contribution in [0.2, 0.25) is 0 Å². The van der Waals surface area contributed by atoms with Crippen LogP contribution >= 0.6 is 0 Å². The predicted molar refractivity (Wildman–Crippen MR) is 272 cm³/mol. The predicted octanol–water partition coefficient (Wildman–Crippen LogP) is 14.6. The van der Waals surface area contributed by atoms with E-state index in [4.69, 9.17) is 34.2 Å². The molecule has 0 fully saturated rings. The minimum absolute atomic E-state index is 0.149. The number of ether oxygens (including phenoxy) is 6. The van der Waals surface area contributed by atoms with Gasteiger partial charge in [-0.1, -0.05) is 182 Å². The van der Waals surface area contributed by atoms with E-state index in [9.17, 15) is 9.59 Å². The molecule has 0 unspecified atom stereocenters. The highest BCUT2D eigenvalue weighted by Gasteiger charge is 2.15. The monoisotopic (exact) mass is 927 g/mol. The first-order valence-electron chi connectivity index (χ1n) is 28.2. The standard InChI is InChI=1S/C55H110N2O8/c1-5-9-13-17-23-33-48-62-54(63-49-34-24-18-14-10-6-2)40-38-52(58)60-46-31-27-21-29-43-57(45-37-42-56)44-30-22-28-32-47-61-53(59)39-41-55(64-50-35-25-19-15-11-7-3)65-51-36-26-20-16-12-8-4/h54-55H,5-51,56H2,1-4H3. The molecule has 0 rings (SSSR count). The average Bonchev–Trinajstić information content (AvgIpc) is 3.31. The normalized spacial score (nSPS) is 11.8. The number of rotatable bonds is 55. The molecule has 10 heteroatoms. The van der Waals surface area contributed by atoms with Crippen molar-refractivity contribution in [3.63, 3.8) is 0 Å². The minimum Gasteiger partial charge on any atom is -0.466 e. The van der Waals surface area contributed by atoms with E-state index < -0.39 is 0 Å². The van der Waals surface area contributed by atoms with Crippen LogP contribution in [0, 0.1) is 0 Å². The van der Waals surface area contributed by atoms with E-state index in [1.807, 2.05) is 0 Å². The molecule has 0 radical (unpaired) electrons. The number of carbonyl (C=O) groups excluding carboxylic acids is 2. The molecular weight excluding hydrogens is 817 g/mol. The second-order valence-electron chi connectivity index (χ2n) is 18.7. The van der Waals surface area contributed by atoms with Crippen molar-refractivity contribution in [2.75, 3.05) is 65.8 Å². The highest BCUT2D eigenvalue weighted by atomic mass is 16.7. The van der Waals surface area contributed by atoms with Gasteiger partial charge in [-0.05, 0) is 84.0 Å². The Labute approximate surface area is 403 Å². The Morgan fingerprint density at radius 1 is 0.354 bits per heavy atom. The Bertz CT molecular complexity index is 852. The molecular formula is C55H110N2O8. The second-order valence-corrected chi connectivity index (χ2v) is 18.7. The van der Waals surface area contributed by atoms with Gasteiger partial charge in [0.15, 0.2) is 12.6 Å². The molecule has 0 aliphatic carbocycles. The Balaban J connectivity index is 4.28. The lowest BCUT2D eigenvalue weighted by atomic mass is 10.1. The number of hydrogen-bond donors (Lipinski definition) is 1. The maximum Gasteiger partial charge on any atom is 0.305 e. The van der Waals surface area contributed by atoms with Crippen LogP contribution in [0.3, 0.4) is 0 Å². The largest absolute Gasteiger partial charge is 0.466 e. The summed E-state index contributed by atoms with van der Waals surface area (Å²) < 4.78 is 35.6. The molecule has 0 heterocycles.